The van der Waals surface area contributed by atoms with Gasteiger partial charge in [-0.15, -0.1) is 0 Å². The molecule has 1 heterocycles. The summed E-state index contributed by atoms with van der Waals surface area (Å²) in [6.07, 6.45) is 1.51. The molecule has 1 aromatic heterocycles. The molecule has 0 saturated carbocycles. The molecule has 24 heavy (non-hydrogen) atoms. The maximum atomic E-state index is 12.3. The first-order valence-electron chi connectivity index (χ1n) is 7.81. The molecular weight excluding hydrogens is 300 g/mol. The van der Waals surface area contributed by atoms with Gasteiger partial charge in [-0.3, -0.25) is 9.59 Å². The second kappa shape index (κ2) is 7.42. The van der Waals surface area contributed by atoms with E-state index in [1.54, 1.807) is 6.07 Å². The Morgan fingerprint density at radius 3 is 2.00 bits per heavy atom. The van der Waals surface area contributed by atoms with Crippen molar-refractivity contribution < 1.29 is 4.79 Å². The van der Waals surface area contributed by atoms with Gasteiger partial charge in [0, 0.05) is 18.7 Å². The number of hydrogen-bond acceptors (Lipinski definition) is 2. The van der Waals surface area contributed by atoms with Gasteiger partial charge in [0.05, 0.1) is 0 Å². The predicted molar refractivity (Wildman–Crippen MR) is 94.1 cm³/mol. The van der Waals surface area contributed by atoms with Crippen LogP contribution in [0.3, 0.4) is 0 Å². The van der Waals surface area contributed by atoms with E-state index in [1.165, 1.54) is 12.3 Å². The number of hydrogen-bond donors (Lipinski definition) is 2. The number of rotatable bonds is 5. The van der Waals surface area contributed by atoms with E-state index in [2.05, 4.69) is 10.3 Å². The number of carbonyl (C=O) groups is 1. The molecular formula is C20H18N2O2. The van der Waals surface area contributed by atoms with Crippen LogP contribution in [0.5, 0.6) is 0 Å². The Morgan fingerprint density at radius 1 is 0.875 bits per heavy atom. The number of nitrogens with one attached hydrogen (secondary N) is 2. The van der Waals surface area contributed by atoms with Crippen molar-refractivity contribution in [2.45, 2.75) is 5.92 Å². The topological polar surface area (TPSA) is 62.0 Å². The minimum Gasteiger partial charge on any atom is -0.351 e. The zero-order valence-corrected chi connectivity index (χ0v) is 13.1. The molecule has 0 aliphatic heterocycles. The molecule has 0 aliphatic carbocycles. The molecule has 4 nitrogen and oxygen atoms in total. The average Bonchev–Trinajstić information content (AvgIpc) is 2.64. The number of pyridine rings is 1. The summed E-state index contributed by atoms with van der Waals surface area (Å²) in [6, 6.07) is 23.2. The van der Waals surface area contributed by atoms with Crippen molar-refractivity contribution >= 4 is 5.91 Å². The van der Waals surface area contributed by atoms with Crippen molar-refractivity contribution in [1.29, 1.82) is 0 Å². The summed E-state index contributed by atoms with van der Waals surface area (Å²) in [4.78, 5) is 26.5. The number of carbonyl (C=O) groups excluding carboxylic acids is 1. The van der Waals surface area contributed by atoms with Crippen LogP contribution in [0.1, 0.15) is 27.4 Å². The molecule has 0 radical (unpaired) electrons. The second-order valence-electron chi connectivity index (χ2n) is 5.50. The molecule has 0 unspecified atom stereocenters. The summed E-state index contributed by atoms with van der Waals surface area (Å²) < 4.78 is 0. The van der Waals surface area contributed by atoms with Gasteiger partial charge in [-0.2, -0.15) is 0 Å². The highest BCUT2D eigenvalue weighted by atomic mass is 16.2. The lowest BCUT2D eigenvalue weighted by Gasteiger charge is -2.18. The first kappa shape index (κ1) is 15.7. The van der Waals surface area contributed by atoms with Crippen LogP contribution in [-0.2, 0) is 0 Å². The summed E-state index contributed by atoms with van der Waals surface area (Å²) in [7, 11) is 0. The zero-order valence-electron chi connectivity index (χ0n) is 13.1. The fourth-order valence-electron chi connectivity index (χ4n) is 2.69. The molecule has 4 heteroatoms. The third kappa shape index (κ3) is 3.60. The minimum absolute atomic E-state index is 0.0270. The van der Waals surface area contributed by atoms with Gasteiger partial charge in [0.25, 0.3) is 11.5 Å². The molecule has 0 saturated heterocycles. The third-order valence-corrected chi connectivity index (χ3v) is 3.93. The van der Waals surface area contributed by atoms with Gasteiger partial charge in [-0.05, 0) is 23.3 Å². The molecule has 0 spiro atoms. The number of amides is 1. The zero-order chi connectivity index (χ0) is 16.8. The quantitative estimate of drug-likeness (QED) is 0.760. The Kier molecular flexibility index (Phi) is 4.87. The van der Waals surface area contributed by atoms with Gasteiger partial charge in [-0.25, -0.2) is 0 Å². The summed E-state index contributed by atoms with van der Waals surface area (Å²) in [5.41, 5.74) is 1.97. The first-order valence-corrected chi connectivity index (χ1v) is 7.81. The molecule has 2 N–H and O–H groups in total. The number of benzene rings is 2. The van der Waals surface area contributed by atoms with Crippen LogP contribution < -0.4 is 10.9 Å². The SMILES string of the molecule is O=C(NCC(c1ccccc1)c1ccccc1)c1ccc[nH]c1=O. The van der Waals surface area contributed by atoms with Crippen molar-refractivity contribution in [3.8, 4) is 0 Å². The Hall–Kier alpha value is -3.14. The van der Waals surface area contributed by atoms with Crippen LogP contribution in [0.25, 0.3) is 0 Å². The summed E-state index contributed by atoms with van der Waals surface area (Å²) in [6.45, 7) is 0.418. The summed E-state index contributed by atoms with van der Waals surface area (Å²) in [5.74, 6) is -0.340. The highest BCUT2D eigenvalue weighted by Gasteiger charge is 2.16. The molecule has 2 aromatic carbocycles. The van der Waals surface area contributed by atoms with E-state index in [9.17, 15) is 9.59 Å². The van der Waals surface area contributed by atoms with Crippen molar-refractivity contribution in [2.75, 3.05) is 6.54 Å². The number of aromatic amines is 1. The molecule has 3 rings (SSSR count). The van der Waals surface area contributed by atoms with Gasteiger partial charge in [0.15, 0.2) is 0 Å². The summed E-state index contributed by atoms with van der Waals surface area (Å²) >= 11 is 0. The van der Waals surface area contributed by atoms with E-state index in [0.717, 1.165) is 11.1 Å². The van der Waals surface area contributed by atoms with Crippen LogP contribution >= 0.6 is 0 Å². The monoisotopic (exact) mass is 318 g/mol. The number of aromatic nitrogens is 1. The van der Waals surface area contributed by atoms with Crippen molar-refractivity contribution in [3.05, 3.63) is 106 Å². The highest BCUT2D eigenvalue weighted by molar-refractivity contribution is 5.93. The van der Waals surface area contributed by atoms with E-state index >= 15 is 0 Å². The normalized spacial score (nSPS) is 10.5. The highest BCUT2D eigenvalue weighted by Crippen LogP contribution is 2.23. The minimum atomic E-state index is -0.383. The van der Waals surface area contributed by atoms with Crippen molar-refractivity contribution in [2.24, 2.45) is 0 Å². The Morgan fingerprint density at radius 2 is 1.46 bits per heavy atom. The van der Waals surface area contributed by atoms with Crippen LogP contribution in [0.2, 0.25) is 0 Å². The molecule has 0 fully saturated rings. The van der Waals surface area contributed by atoms with Gasteiger partial charge >= 0.3 is 0 Å². The van der Waals surface area contributed by atoms with Crippen molar-refractivity contribution in [3.63, 3.8) is 0 Å². The van der Waals surface area contributed by atoms with Crippen molar-refractivity contribution in [1.82, 2.24) is 10.3 Å². The van der Waals surface area contributed by atoms with Crippen LogP contribution in [0.4, 0.5) is 0 Å². The first-order chi connectivity index (χ1) is 11.8. The van der Waals surface area contributed by atoms with E-state index in [-0.39, 0.29) is 22.9 Å². The van der Waals surface area contributed by atoms with E-state index in [4.69, 9.17) is 0 Å². The van der Waals surface area contributed by atoms with Gasteiger partial charge < -0.3 is 10.3 Å². The van der Waals surface area contributed by atoms with Crippen LogP contribution in [0.15, 0.2) is 83.8 Å². The smallest absolute Gasteiger partial charge is 0.260 e. The standard InChI is InChI=1S/C20H18N2O2/c23-19-17(12-7-13-21-19)20(24)22-14-18(15-8-3-1-4-9-15)16-10-5-2-6-11-16/h1-13,18H,14H2,(H,21,23)(H,22,24). The van der Waals surface area contributed by atoms with Gasteiger partial charge in [-0.1, -0.05) is 60.7 Å². The van der Waals surface area contributed by atoms with E-state index in [1.807, 2.05) is 60.7 Å². The predicted octanol–water partition coefficient (Wildman–Crippen LogP) is 2.94. The molecule has 1 amide bonds. The Balaban J connectivity index is 1.82. The lowest BCUT2D eigenvalue weighted by molar-refractivity contribution is 0.0951. The molecule has 0 bridgehead atoms. The maximum absolute atomic E-state index is 12.3. The fourth-order valence-corrected chi connectivity index (χ4v) is 2.69. The fraction of sp³-hybridized carbons (Fsp3) is 0.100. The maximum Gasteiger partial charge on any atom is 0.260 e. The lowest BCUT2D eigenvalue weighted by atomic mass is 9.91. The van der Waals surface area contributed by atoms with Crippen LogP contribution in [-0.4, -0.2) is 17.4 Å². The second-order valence-corrected chi connectivity index (χ2v) is 5.50. The molecule has 0 atom stereocenters. The van der Waals surface area contributed by atoms with E-state index < -0.39 is 0 Å². The van der Waals surface area contributed by atoms with Gasteiger partial charge in [0.2, 0.25) is 0 Å². The Labute approximate surface area is 140 Å². The lowest BCUT2D eigenvalue weighted by Crippen LogP contribution is -2.32. The van der Waals surface area contributed by atoms with Gasteiger partial charge in [0.1, 0.15) is 5.56 Å². The third-order valence-electron chi connectivity index (χ3n) is 3.93. The van der Waals surface area contributed by atoms with Crippen LogP contribution in [0, 0.1) is 0 Å². The largest absolute Gasteiger partial charge is 0.351 e. The van der Waals surface area contributed by atoms with E-state index in [0.29, 0.717) is 6.54 Å². The molecule has 3 aromatic rings. The summed E-state index contributed by atoms with van der Waals surface area (Å²) in [5, 5.41) is 2.88. The molecule has 0 aliphatic rings. The average molecular weight is 318 g/mol. The number of H-pyrrole nitrogens is 1. The molecule has 120 valence electrons. The Bertz CT molecular complexity index is 818.